The first kappa shape index (κ1) is 29.1. The van der Waals surface area contributed by atoms with Crippen molar-refractivity contribution in [2.45, 2.75) is 97.9 Å². The fraction of sp³-hybridized carbons (Fsp3) is 0.722. The zero-order valence-corrected chi connectivity index (χ0v) is 25.8. The molecule has 1 heterocycles. The summed E-state index contributed by atoms with van der Waals surface area (Å²) in [5.74, 6) is 2.32. The molecule has 41 heavy (non-hydrogen) atoms. The van der Waals surface area contributed by atoms with Crippen LogP contribution in [-0.2, 0) is 19.0 Å². The zero-order valence-electron chi connectivity index (χ0n) is 25.8. The van der Waals surface area contributed by atoms with E-state index in [-0.39, 0.29) is 34.6 Å². The molecule has 5 nitrogen and oxygen atoms in total. The number of carbonyl (C=O) groups is 2. The van der Waals surface area contributed by atoms with Crippen LogP contribution in [0.3, 0.4) is 0 Å². The number of carbonyl (C=O) groups excluding carboxylic acids is 2. The molecule has 4 aliphatic carbocycles. The molecule has 5 fully saturated rings. The largest absolute Gasteiger partial charge is 0.458 e. The summed E-state index contributed by atoms with van der Waals surface area (Å²) >= 11 is 0. The highest BCUT2D eigenvalue weighted by molar-refractivity contribution is 5.91. The number of fused-ring (bicyclic) bond motifs is 5. The summed E-state index contributed by atoms with van der Waals surface area (Å²) in [7, 11) is 0. The lowest BCUT2D eigenvalue weighted by atomic mass is 9.43. The van der Waals surface area contributed by atoms with Crippen molar-refractivity contribution >= 4 is 11.8 Å². The number of hydrogen-bond acceptors (Lipinski definition) is 5. The van der Waals surface area contributed by atoms with Crippen LogP contribution in [0.4, 0.5) is 0 Å². The maximum Gasteiger partial charge on any atom is 0.338 e. The molecule has 1 aromatic rings. The Balaban J connectivity index is 1.30. The van der Waals surface area contributed by atoms with Gasteiger partial charge in [-0.05, 0) is 97.2 Å². The topological polar surface area (TPSA) is 61.8 Å². The van der Waals surface area contributed by atoms with Gasteiger partial charge in [0, 0.05) is 24.7 Å². The molecule has 1 saturated heterocycles. The van der Waals surface area contributed by atoms with Crippen LogP contribution in [0.1, 0.15) is 96.3 Å². The molecule has 1 aromatic carbocycles. The van der Waals surface area contributed by atoms with Crippen LogP contribution in [0.5, 0.6) is 0 Å². The smallest absolute Gasteiger partial charge is 0.338 e. The van der Waals surface area contributed by atoms with Crippen molar-refractivity contribution in [2.24, 2.45) is 52.3 Å². The van der Waals surface area contributed by atoms with Crippen molar-refractivity contribution in [1.29, 1.82) is 0 Å². The SMILES string of the molecule is CC(C)C(=O)/C=C/[C@@H](C)[C@H]1CCC2C3C(CC[C@@]21C)[C@@]1(C)CCC2(C[C@@H]1C[C@H]3OC(=O)c1ccccc1)OCCO2. The van der Waals surface area contributed by atoms with Gasteiger partial charge in [0.05, 0.1) is 18.8 Å². The van der Waals surface area contributed by atoms with Crippen LogP contribution < -0.4 is 0 Å². The Morgan fingerprint density at radius 3 is 2.34 bits per heavy atom. The van der Waals surface area contributed by atoms with E-state index < -0.39 is 5.79 Å². The number of ether oxygens (including phenoxy) is 3. The van der Waals surface area contributed by atoms with E-state index in [0.29, 0.717) is 54.3 Å². The first-order valence-electron chi connectivity index (χ1n) is 16.3. The average molecular weight is 563 g/mol. The van der Waals surface area contributed by atoms with Gasteiger partial charge in [0.2, 0.25) is 0 Å². The summed E-state index contributed by atoms with van der Waals surface area (Å²) < 4.78 is 19.0. The molecule has 0 radical (unpaired) electrons. The van der Waals surface area contributed by atoms with Crippen molar-refractivity contribution in [2.75, 3.05) is 13.2 Å². The van der Waals surface area contributed by atoms with Gasteiger partial charge in [0.15, 0.2) is 11.6 Å². The molecular formula is C36H50O5. The summed E-state index contributed by atoms with van der Waals surface area (Å²) in [5.41, 5.74) is 1.02. The number of ketones is 1. The van der Waals surface area contributed by atoms with Crippen LogP contribution in [0, 0.1) is 52.3 Å². The number of allylic oxidation sites excluding steroid dienone is 2. The molecular weight excluding hydrogens is 512 g/mol. The lowest BCUT2D eigenvalue weighted by Crippen LogP contribution is -2.60. The standard InChI is InChI=1S/C36H50O5/c1-23(2)30(37)14-11-24(3)27-12-13-28-32-29(15-16-35(27,28)5)34(4)17-18-36(39-19-20-40-36)22-26(34)21-31(32)41-33(38)25-9-7-6-8-10-25/h6-11,14,23-24,26-29,31-32H,12-13,15-22H2,1-5H3/b14-11+/t24-,26+,27-,28?,29?,31-,32?,34+,35-/m1/s1. The molecule has 0 amide bonds. The normalized spacial score (nSPS) is 40.2. The summed E-state index contributed by atoms with van der Waals surface area (Å²) in [4.78, 5) is 25.9. The van der Waals surface area contributed by atoms with Crippen molar-refractivity contribution in [1.82, 2.24) is 0 Å². The van der Waals surface area contributed by atoms with Gasteiger partial charge >= 0.3 is 5.97 Å². The Bertz CT molecular complexity index is 1150. The molecule has 224 valence electrons. The third-order valence-electron chi connectivity index (χ3n) is 12.6. The second-order valence-electron chi connectivity index (χ2n) is 14.9. The Kier molecular flexibility index (Phi) is 7.77. The van der Waals surface area contributed by atoms with E-state index in [0.717, 1.165) is 25.7 Å². The van der Waals surface area contributed by atoms with Crippen molar-refractivity contribution in [3.8, 4) is 0 Å². The predicted molar refractivity (Wildman–Crippen MR) is 159 cm³/mol. The van der Waals surface area contributed by atoms with E-state index in [4.69, 9.17) is 14.2 Å². The predicted octanol–water partition coefficient (Wildman–Crippen LogP) is 7.64. The quantitative estimate of drug-likeness (QED) is 0.263. The second kappa shape index (κ2) is 10.9. The average Bonchev–Trinajstić information content (AvgIpc) is 3.56. The monoisotopic (exact) mass is 562 g/mol. The summed E-state index contributed by atoms with van der Waals surface area (Å²) in [6, 6.07) is 9.50. The Morgan fingerprint density at radius 1 is 0.927 bits per heavy atom. The Labute approximate surface area is 246 Å². The van der Waals surface area contributed by atoms with Crippen molar-refractivity contribution < 1.29 is 23.8 Å². The fourth-order valence-electron chi connectivity index (χ4n) is 10.3. The van der Waals surface area contributed by atoms with E-state index in [1.165, 1.54) is 25.7 Å². The van der Waals surface area contributed by atoms with E-state index in [1.807, 2.05) is 50.3 Å². The Morgan fingerprint density at radius 2 is 1.63 bits per heavy atom. The molecule has 0 N–H and O–H groups in total. The maximum absolute atomic E-state index is 13.5. The highest BCUT2D eigenvalue weighted by atomic mass is 16.7. The zero-order chi connectivity index (χ0) is 29.0. The molecule has 6 rings (SSSR count). The van der Waals surface area contributed by atoms with Gasteiger partial charge in [0.1, 0.15) is 6.10 Å². The van der Waals surface area contributed by atoms with Crippen LogP contribution in [0.25, 0.3) is 0 Å². The molecule has 1 spiro atoms. The molecule has 4 saturated carbocycles. The van der Waals surface area contributed by atoms with Crippen molar-refractivity contribution in [3.05, 3.63) is 48.0 Å². The highest BCUT2D eigenvalue weighted by Crippen LogP contribution is 2.69. The van der Waals surface area contributed by atoms with Gasteiger partial charge in [-0.3, -0.25) is 4.79 Å². The summed E-state index contributed by atoms with van der Waals surface area (Å²) in [5, 5.41) is 0. The fourth-order valence-corrected chi connectivity index (χ4v) is 10.3. The number of rotatable bonds is 6. The van der Waals surface area contributed by atoms with Gasteiger partial charge in [-0.15, -0.1) is 0 Å². The van der Waals surface area contributed by atoms with Gasteiger partial charge < -0.3 is 14.2 Å². The minimum Gasteiger partial charge on any atom is -0.458 e. The van der Waals surface area contributed by atoms with Gasteiger partial charge in [-0.2, -0.15) is 0 Å². The summed E-state index contributed by atoms with van der Waals surface area (Å²) in [6.45, 7) is 12.7. The maximum atomic E-state index is 13.5. The molecule has 9 atom stereocenters. The van der Waals surface area contributed by atoms with Crippen LogP contribution in [0.2, 0.25) is 0 Å². The van der Waals surface area contributed by atoms with E-state index in [9.17, 15) is 9.59 Å². The van der Waals surface area contributed by atoms with Gasteiger partial charge in [0.25, 0.3) is 0 Å². The van der Waals surface area contributed by atoms with Crippen LogP contribution in [0.15, 0.2) is 42.5 Å². The van der Waals surface area contributed by atoms with Gasteiger partial charge in [-0.1, -0.05) is 58.9 Å². The Hall–Kier alpha value is -1.98. The number of hydrogen-bond donors (Lipinski definition) is 0. The van der Waals surface area contributed by atoms with Gasteiger partial charge in [-0.25, -0.2) is 4.79 Å². The molecule has 1 aliphatic heterocycles. The lowest BCUT2D eigenvalue weighted by molar-refractivity contribution is -0.242. The van der Waals surface area contributed by atoms with Crippen LogP contribution in [-0.4, -0.2) is 36.9 Å². The van der Waals surface area contributed by atoms with E-state index in [1.54, 1.807) is 0 Å². The summed E-state index contributed by atoms with van der Waals surface area (Å²) in [6.07, 6.45) is 12.5. The minimum atomic E-state index is -0.443. The highest BCUT2D eigenvalue weighted by Gasteiger charge is 2.65. The number of esters is 1. The molecule has 3 unspecified atom stereocenters. The molecule has 0 bridgehead atoms. The van der Waals surface area contributed by atoms with Crippen molar-refractivity contribution in [3.63, 3.8) is 0 Å². The third kappa shape index (κ3) is 5.03. The van der Waals surface area contributed by atoms with E-state index in [2.05, 4.69) is 26.8 Å². The van der Waals surface area contributed by atoms with E-state index >= 15 is 0 Å². The minimum absolute atomic E-state index is 0.0338. The molecule has 5 aliphatic rings. The lowest BCUT2D eigenvalue weighted by Gasteiger charge is -2.63. The molecule has 0 aromatic heterocycles. The molecule has 5 heteroatoms. The number of benzene rings is 1. The second-order valence-corrected chi connectivity index (χ2v) is 14.9. The first-order chi connectivity index (χ1) is 19.6. The third-order valence-corrected chi connectivity index (χ3v) is 12.6. The van der Waals surface area contributed by atoms with Crippen LogP contribution >= 0.6 is 0 Å². The first-order valence-corrected chi connectivity index (χ1v) is 16.3.